The number of nitrogens with one attached hydrogen (secondary N) is 1. The summed E-state index contributed by atoms with van der Waals surface area (Å²) in [6.45, 7) is 0.605. The Morgan fingerprint density at radius 3 is 1.90 bits per heavy atom. The average Bonchev–Trinajstić information content (AvgIpc) is 2.84. The Bertz CT molecular complexity index is 985. The van der Waals surface area contributed by atoms with Gasteiger partial charge in [-0.3, -0.25) is 4.72 Å². The first-order valence-electron chi connectivity index (χ1n) is 8.08. The van der Waals surface area contributed by atoms with Gasteiger partial charge < -0.3 is 9.47 Å². The van der Waals surface area contributed by atoms with E-state index in [9.17, 15) is 34.8 Å². The number of benzene rings is 2. The molecule has 1 aliphatic heterocycles. The van der Waals surface area contributed by atoms with Gasteiger partial charge in [-0.15, -0.1) is 0 Å². The van der Waals surface area contributed by atoms with Gasteiger partial charge in [-0.1, -0.05) is 0 Å². The summed E-state index contributed by atoms with van der Waals surface area (Å²) in [5.74, 6) is 0.380. The molecule has 0 spiro atoms. The van der Waals surface area contributed by atoms with Crippen molar-refractivity contribution in [1.29, 1.82) is 0 Å². The third-order valence-corrected chi connectivity index (χ3v) is 5.25. The molecule has 12 heteroatoms. The van der Waals surface area contributed by atoms with Gasteiger partial charge in [0, 0.05) is 12.5 Å². The molecule has 0 aromatic heterocycles. The van der Waals surface area contributed by atoms with Crippen molar-refractivity contribution in [2.75, 3.05) is 17.9 Å². The molecule has 1 heterocycles. The zero-order valence-corrected chi connectivity index (χ0v) is 15.2. The minimum absolute atomic E-state index is 0.0919. The maximum atomic E-state index is 12.9. The number of rotatable bonds is 3. The quantitative estimate of drug-likeness (QED) is 0.703. The summed E-state index contributed by atoms with van der Waals surface area (Å²) in [4.78, 5) is -0.410. The van der Waals surface area contributed by atoms with Gasteiger partial charge in [0.25, 0.3) is 10.0 Å². The lowest BCUT2D eigenvalue weighted by Gasteiger charge is -2.16. The molecule has 0 saturated carbocycles. The minimum atomic E-state index is -5.10. The molecule has 1 N–H and O–H groups in total. The molecule has 0 saturated heterocycles. The number of hydrogen-bond acceptors (Lipinski definition) is 4. The monoisotopic (exact) mass is 441 g/mol. The van der Waals surface area contributed by atoms with Crippen molar-refractivity contribution in [3.05, 3.63) is 47.5 Å². The van der Waals surface area contributed by atoms with Crippen LogP contribution in [0.25, 0.3) is 0 Å². The van der Waals surface area contributed by atoms with Gasteiger partial charge in [0.05, 0.1) is 34.9 Å². The SMILES string of the molecule is O=S(=O)(Nc1cc(C(F)(F)F)cc(C(F)(F)F)c1)c1ccc2c(c1)OCCCO2. The Labute approximate surface area is 161 Å². The van der Waals surface area contributed by atoms with Crippen LogP contribution in [0.1, 0.15) is 17.5 Å². The molecule has 0 unspecified atom stereocenters. The highest BCUT2D eigenvalue weighted by molar-refractivity contribution is 7.92. The van der Waals surface area contributed by atoms with E-state index in [1.54, 1.807) is 4.72 Å². The molecular weight excluding hydrogens is 428 g/mol. The molecule has 0 aliphatic carbocycles. The smallest absolute Gasteiger partial charge is 0.416 e. The Morgan fingerprint density at radius 1 is 0.793 bits per heavy atom. The van der Waals surface area contributed by atoms with E-state index in [0.717, 1.165) is 12.1 Å². The second-order valence-electron chi connectivity index (χ2n) is 6.06. The fourth-order valence-corrected chi connectivity index (χ4v) is 3.59. The molecule has 1 aliphatic rings. The third kappa shape index (κ3) is 4.86. The van der Waals surface area contributed by atoms with Crippen molar-refractivity contribution in [3.8, 4) is 11.5 Å². The predicted molar refractivity (Wildman–Crippen MR) is 89.3 cm³/mol. The standard InChI is InChI=1S/C17H13F6NO4S/c18-16(19,20)10-6-11(17(21,22)23)8-12(7-10)24-29(25,26)13-2-3-14-15(9-13)28-5-1-4-27-14/h2-3,6-9,24H,1,4-5H2. The molecule has 158 valence electrons. The highest BCUT2D eigenvalue weighted by Gasteiger charge is 2.37. The van der Waals surface area contributed by atoms with Crippen LogP contribution in [0.5, 0.6) is 11.5 Å². The molecule has 3 rings (SSSR count). The van der Waals surface area contributed by atoms with Crippen LogP contribution >= 0.6 is 0 Å². The molecule has 0 fully saturated rings. The number of hydrogen-bond donors (Lipinski definition) is 1. The topological polar surface area (TPSA) is 64.6 Å². The molecule has 5 nitrogen and oxygen atoms in total. The van der Waals surface area contributed by atoms with Crippen LogP contribution in [0.2, 0.25) is 0 Å². The largest absolute Gasteiger partial charge is 0.490 e. The number of alkyl halides is 6. The Hall–Kier alpha value is -2.63. The second-order valence-corrected chi connectivity index (χ2v) is 7.74. The minimum Gasteiger partial charge on any atom is -0.490 e. The summed E-state index contributed by atoms with van der Waals surface area (Å²) in [7, 11) is -4.50. The van der Waals surface area contributed by atoms with Crippen LogP contribution in [0.4, 0.5) is 32.0 Å². The van der Waals surface area contributed by atoms with Crippen molar-refractivity contribution in [2.24, 2.45) is 0 Å². The van der Waals surface area contributed by atoms with Crippen LogP contribution in [-0.2, 0) is 22.4 Å². The zero-order valence-electron chi connectivity index (χ0n) is 14.4. The summed E-state index contributed by atoms with van der Waals surface area (Å²) < 4.78 is 115. The number of anilines is 1. The number of halogens is 6. The molecule has 0 bridgehead atoms. The summed E-state index contributed by atoms with van der Waals surface area (Å²) in [5, 5.41) is 0. The van der Waals surface area contributed by atoms with Crippen LogP contribution < -0.4 is 14.2 Å². The maximum absolute atomic E-state index is 12.9. The Balaban J connectivity index is 1.99. The van der Waals surface area contributed by atoms with E-state index < -0.39 is 44.1 Å². The van der Waals surface area contributed by atoms with Crippen LogP contribution in [0.15, 0.2) is 41.3 Å². The molecular formula is C17H13F6NO4S. The molecule has 29 heavy (non-hydrogen) atoms. The Kier molecular flexibility index (Phi) is 5.32. The van der Waals surface area contributed by atoms with Crippen molar-refractivity contribution in [1.82, 2.24) is 0 Å². The van der Waals surface area contributed by atoms with Crippen molar-refractivity contribution in [2.45, 2.75) is 23.7 Å². The normalized spacial score (nSPS) is 15.0. The van der Waals surface area contributed by atoms with Crippen molar-refractivity contribution in [3.63, 3.8) is 0 Å². The number of fused-ring (bicyclic) bond motifs is 1. The van der Waals surface area contributed by atoms with E-state index in [-0.39, 0.29) is 36.3 Å². The molecule has 0 atom stereocenters. The lowest BCUT2D eigenvalue weighted by Crippen LogP contribution is -2.16. The van der Waals surface area contributed by atoms with E-state index in [0.29, 0.717) is 13.0 Å². The zero-order chi connectivity index (χ0) is 21.4. The highest BCUT2D eigenvalue weighted by Crippen LogP contribution is 2.38. The summed E-state index contributed by atoms with van der Waals surface area (Å²) in [6.07, 6.45) is -9.65. The van der Waals surface area contributed by atoms with E-state index in [1.807, 2.05) is 0 Å². The average molecular weight is 441 g/mol. The molecule has 0 amide bonds. The first-order valence-corrected chi connectivity index (χ1v) is 9.56. The molecule has 2 aromatic rings. The van der Waals surface area contributed by atoms with Crippen LogP contribution in [-0.4, -0.2) is 21.6 Å². The van der Waals surface area contributed by atoms with Crippen molar-refractivity contribution < 1.29 is 44.2 Å². The highest BCUT2D eigenvalue weighted by atomic mass is 32.2. The second kappa shape index (κ2) is 7.32. The summed E-state index contributed by atoms with van der Waals surface area (Å²) in [6, 6.07) is 3.97. The van der Waals surface area contributed by atoms with Crippen molar-refractivity contribution >= 4 is 15.7 Å². The lowest BCUT2D eigenvalue weighted by molar-refractivity contribution is -0.143. The van der Waals surface area contributed by atoms with E-state index in [2.05, 4.69) is 0 Å². The summed E-state index contributed by atoms with van der Waals surface area (Å²) >= 11 is 0. The van der Waals surface area contributed by atoms with Gasteiger partial charge in [0.15, 0.2) is 11.5 Å². The van der Waals surface area contributed by atoms with Gasteiger partial charge in [0.1, 0.15) is 0 Å². The van der Waals surface area contributed by atoms with Gasteiger partial charge in [-0.2, -0.15) is 26.3 Å². The van der Waals surface area contributed by atoms with E-state index >= 15 is 0 Å². The maximum Gasteiger partial charge on any atom is 0.416 e. The molecule has 2 aromatic carbocycles. The van der Waals surface area contributed by atoms with Crippen LogP contribution in [0.3, 0.4) is 0 Å². The van der Waals surface area contributed by atoms with Gasteiger partial charge in [-0.05, 0) is 30.3 Å². The predicted octanol–water partition coefficient (Wildman–Crippen LogP) is 4.69. The first-order chi connectivity index (χ1) is 13.4. The Morgan fingerprint density at radius 2 is 1.34 bits per heavy atom. The van der Waals surface area contributed by atoms with Gasteiger partial charge in [0.2, 0.25) is 0 Å². The van der Waals surface area contributed by atoms with Gasteiger partial charge >= 0.3 is 12.4 Å². The number of ether oxygens (including phenoxy) is 2. The van der Waals surface area contributed by atoms with Gasteiger partial charge in [-0.25, -0.2) is 8.42 Å². The fraction of sp³-hybridized carbons (Fsp3) is 0.294. The van der Waals surface area contributed by atoms with E-state index in [1.165, 1.54) is 6.07 Å². The fourth-order valence-electron chi connectivity index (χ4n) is 2.54. The number of sulfonamides is 1. The first kappa shape index (κ1) is 21.1. The summed E-state index contributed by atoms with van der Waals surface area (Å²) in [5.41, 5.74) is -4.15. The van der Waals surface area contributed by atoms with E-state index in [4.69, 9.17) is 9.47 Å². The third-order valence-electron chi connectivity index (χ3n) is 3.87. The molecule has 0 radical (unpaired) electrons. The van der Waals surface area contributed by atoms with Crippen LogP contribution in [0, 0.1) is 0 Å². The lowest BCUT2D eigenvalue weighted by atomic mass is 10.1.